The molecule has 310 valence electrons. The highest BCUT2D eigenvalue weighted by atomic mass is 16.5. The van der Waals surface area contributed by atoms with Gasteiger partial charge in [-0.3, -0.25) is 19.2 Å². The van der Waals surface area contributed by atoms with Gasteiger partial charge in [0.05, 0.1) is 54.5 Å². The van der Waals surface area contributed by atoms with Crippen LogP contribution in [0.4, 0.5) is 5.69 Å². The number of benzene rings is 1. The van der Waals surface area contributed by atoms with Gasteiger partial charge < -0.3 is 40.1 Å². The average Bonchev–Trinajstić information content (AvgIpc) is 3.61. The number of rotatable bonds is 21. The Kier molecular flexibility index (Phi) is 18.6. The molecule has 0 unspecified atom stereocenters. The van der Waals surface area contributed by atoms with Gasteiger partial charge in [0, 0.05) is 53.1 Å². The molecule has 0 saturated carbocycles. The molecule has 4 amide bonds. The van der Waals surface area contributed by atoms with Gasteiger partial charge in [0.25, 0.3) is 0 Å². The highest BCUT2D eigenvalue weighted by Gasteiger charge is 2.44. The number of likely N-dealkylation sites (N-methyl/N-ethyl adjacent to an activating group) is 2. The summed E-state index contributed by atoms with van der Waals surface area (Å²) in [5.41, 5.74) is 6.83. The van der Waals surface area contributed by atoms with Crippen LogP contribution in [-0.4, -0.2) is 135 Å². The Morgan fingerprint density at radius 1 is 1.04 bits per heavy atom. The van der Waals surface area contributed by atoms with Gasteiger partial charge in [0.1, 0.15) is 6.04 Å². The molecular formula is C42H71N7O6. The standard InChI is InChI=1S/C42H71N7O6/c1-14-28(4)37(48(11)40(52)36(27(2)3)45-41(53)42(6,7)26-46(8)9)34(54-12)25-35(50)49-22-16-19-33(49)38(55-13)29(5)39(51)47(10)32(20-21-43)24-30-17-15-18-31(44)23-30/h15,17-18,23,27-29,32-34,36-38H,14,16,19-20,22,24-26,44H2,1-13H3,(H,45,53)/t28-,29+,32+,33-,34+,36-,37-,38+/m0/s1. The van der Waals surface area contributed by atoms with Crippen molar-refractivity contribution in [3.05, 3.63) is 29.8 Å². The van der Waals surface area contributed by atoms with Gasteiger partial charge in [-0.25, -0.2) is 0 Å². The van der Waals surface area contributed by atoms with Crippen LogP contribution in [0.25, 0.3) is 0 Å². The lowest BCUT2D eigenvalue weighted by molar-refractivity contribution is -0.149. The number of carbonyl (C=O) groups excluding carboxylic acids is 4. The zero-order chi connectivity index (χ0) is 41.8. The quantitative estimate of drug-likeness (QED) is 0.175. The van der Waals surface area contributed by atoms with Gasteiger partial charge in [0.2, 0.25) is 23.6 Å². The van der Waals surface area contributed by atoms with E-state index < -0.39 is 35.6 Å². The molecule has 2 rings (SSSR count). The second-order valence-corrected chi connectivity index (χ2v) is 16.8. The summed E-state index contributed by atoms with van der Waals surface area (Å²) < 4.78 is 12.0. The molecule has 1 fully saturated rings. The number of nitrogens with zero attached hydrogens (tertiary/aromatic N) is 5. The molecule has 3 N–H and O–H groups in total. The summed E-state index contributed by atoms with van der Waals surface area (Å²) >= 11 is 0. The molecule has 1 saturated heterocycles. The molecule has 0 aliphatic carbocycles. The van der Waals surface area contributed by atoms with Gasteiger partial charge >= 0.3 is 0 Å². The number of carbonyl (C=O) groups is 4. The molecule has 8 atom stereocenters. The number of anilines is 1. The summed E-state index contributed by atoms with van der Waals surface area (Å²) in [5, 5.41) is 12.7. The second-order valence-electron chi connectivity index (χ2n) is 16.8. The molecule has 1 heterocycles. The fraction of sp³-hybridized carbons (Fsp3) is 0.738. The van der Waals surface area contributed by atoms with Gasteiger partial charge in [-0.2, -0.15) is 5.26 Å². The van der Waals surface area contributed by atoms with Crippen LogP contribution in [-0.2, 0) is 35.1 Å². The Hall–Kier alpha value is -3.73. The van der Waals surface area contributed by atoms with E-state index in [1.807, 2.05) is 90.6 Å². The van der Waals surface area contributed by atoms with E-state index in [1.54, 1.807) is 44.2 Å². The summed E-state index contributed by atoms with van der Waals surface area (Å²) in [6.07, 6.45) is 1.60. The molecule has 1 aliphatic heterocycles. The lowest BCUT2D eigenvalue weighted by Crippen LogP contribution is -2.59. The maximum atomic E-state index is 14.3. The van der Waals surface area contributed by atoms with E-state index in [4.69, 9.17) is 15.2 Å². The number of nitrogens with one attached hydrogen (secondary N) is 1. The topological polar surface area (TPSA) is 162 Å². The van der Waals surface area contributed by atoms with E-state index in [0.29, 0.717) is 31.6 Å². The second kappa shape index (κ2) is 21.5. The number of likely N-dealkylation sites (tertiary alicyclic amines) is 1. The van der Waals surface area contributed by atoms with E-state index >= 15 is 0 Å². The number of hydrogen-bond donors (Lipinski definition) is 2. The molecule has 1 aliphatic rings. The van der Waals surface area contributed by atoms with Crippen molar-refractivity contribution >= 4 is 29.3 Å². The van der Waals surface area contributed by atoms with Crippen molar-refractivity contribution in [2.24, 2.45) is 23.2 Å². The van der Waals surface area contributed by atoms with Crippen LogP contribution in [0.5, 0.6) is 0 Å². The fourth-order valence-corrected chi connectivity index (χ4v) is 8.17. The average molecular weight is 770 g/mol. The normalized spacial score (nSPS) is 18.5. The van der Waals surface area contributed by atoms with Crippen LogP contribution in [0, 0.1) is 34.5 Å². The van der Waals surface area contributed by atoms with Crippen molar-refractivity contribution in [1.29, 1.82) is 5.26 Å². The van der Waals surface area contributed by atoms with E-state index in [9.17, 15) is 24.4 Å². The zero-order valence-corrected chi connectivity index (χ0v) is 35.9. The van der Waals surface area contributed by atoms with Crippen molar-refractivity contribution in [3.8, 4) is 6.07 Å². The van der Waals surface area contributed by atoms with Crippen LogP contribution in [0.1, 0.15) is 86.1 Å². The predicted octanol–water partition coefficient (Wildman–Crippen LogP) is 4.20. The largest absolute Gasteiger partial charge is 0.399 e. The zero-order valence-electron chi connectivity index (χ0n) is 35.9. The van der Waals surface area contributed by atoms with E-state index in [2.05, 4.69) is 11.4 Å². The van der Waals surface area contributed by atoms with E-state index in [1.165, 1.54) is 0 Å². The third kappa shape index (κ3) is 12.6. The molecule has 0 radical (unpaired) electrons. The van der Waals surface area contributed by atoms with E-state index in [-0.39, 0.29) is 60.4 Å². The van der Waals surface area contributed by atoms with Gasteiger partial charge in [-0.05, 0) is 76.7 Å². The first-order chi connectivity index (χ1) is 25.7. The fourth-order valence-electron chi connectivity index (χ4n) is 8.17. The summed E-state index contributed by atoms with van der Waals surface area (Å²) in [6, 6.07) is 7.74. The summed E-state index contributed by atoms with van der Waals surface area (Å²) in [4.78, 5) is 63.0. The predicted molar refractivity (Wildman–Crippen MR) is 217 cm³/mol. The van der Waals surface area contributed by atoms with Crippen LogP contribution in [0.15, 0.2) is 24.3 Å². The minimum Gasteiger partial charge on any atom is -0.399 e. The number of nitrogens with two attached hydrogens (primary N) is 1. The third-order valence-electron chi connectivity index (χ3n) is 11.4. The Morgan fingerprint density at radius 3 is 2.22 bits per heavy atom. The first-order valence-corrected chi connectivity index (χ1v) is 19.8. The molecule has 0 aromatic heterocycles. The summed E-state index contributed by atoms with van der Waals surface area (Å²) in [5.74, 6) is -1.54. The maximum absolute atomic E-state index is 14.3. The van der Waals surface area contributed by atoms with Crippen LogP contribution >= 0.6 is 0 Å². The molecule has 55 heavy (non-hydrogen) atoms. The third-order valence-corrected chi connectivity index (χ3v) is 11.4. The summed E-state index contributed by atoms with van der Waals surface area (Å²) in [7, 11) is 10.4. The van der Waals surface area contributed by atoms with Crippen molar-refractivity contribution < 1.29 is 28.7 Å². The number of nitriles is 1. The van der Waals surface area contributed by atoms with Crippen molar-refractivity contribution in [2.75, 3.05) is 61.2 Å². The molecule has 0 spiro atoms. The molecule has 1 aromatic carbocycles. The number of hydrogen-bond acceptors (Lipinski definition) is 9. The minimum absolute atomic E-state index is 0.0247. The number of ether oxygens (including phenoxy) is 2. The van der Waals surface area contributed by atoms with Crippen LogP contribution < -0.4 is 11.1 Å². The van der Waals surface area contributed by atoms with Crippen molar-refractivity contribution in [2.45, 2.75) is 123 Å². The lowest BCUT2D eigenvalue weighted by atomic mass is 9.88. The van der Waals surface area contributed by atoms with Crippen LogP contribution in [0.3, 0.4) is 0 Å². The number of amides is 4. The Bertz CT molecular complexity index is 1460. The van der Waals surface area contributed by atoms with Crippen molar-refractivity contribution in [1.82, 2.24) is 24.9 Å². The highest BCUT2D eigenvalue weighted by Crippen LogP contribution is 2.31. The summed E-state index contributed by atoms with van der Waals surface area (Å²) in [6.45, 7) is 14.5. The Balaban J connectivity index is 2.30. The smallest absolute Gasteiger partial charge is 0.245 e. The monoisotopic (exact) mass is 770 g/mol. The first kappa shape index (κ1) is 47.4. The molecular weight excluding hydrogens is 699 g/mol. The maximum Gasteiger partial charge on any atom is 0.245 e. The first-order valence-electron chi connectivity index (χ1n) is 19.8. The number of methoxy groups -OCH3 is 2. The molecule has 0 bridgehead atoms. The minimum atomic E-state index is -0.764. The van der Waals surface area contributed by atoms with Gasteiger partial charge in [-0.1, -0.05) is 53.2 Å². The lowest BCUT2D eigenvalue weighted by Gasteiger charge is -2.41. The van der Waals surface area contributed by atoms with Gasteiger partial charge in [-0.15, -0.1) is 0 Å². The molecule has 13 nitrogen and oxygen atoms in total. The molecule has 13 heteroatoms. The SMILES string of the molecule is CC[C@H](C)[C@@H]([C@@H](CC(=O)N1CCC[C@H]1[C@H](OC)[C@@H](C)C(=O)N(C)[C@H](CC#N)Cc1cccc(N)c1)OC)N(C)C(=O)[C@@H](NC(=O)C(C)(C)CN(C)C)C(C)C. The highest BCUT2D eigenvalue weighted by molar-refractivity contribution is 5.90. The van der Waals surface area contributed by atoms with Crippen LogP contribution in [0.2, 0.25) is 0 Å². The Morgan fingerprint density at radius 2 is 1.69 bits per heavy atom. The molecule has 1 aromatic rings. The van der Waals surface area contributed by atoms with E-state index in [0.717, 1.165) is 18.4 Å². The number of nitrogen functional groups attached to an aromatic ring is 1. The van der Waals surface area contributed by atoms with Crippen molar-refractivity contribution in [3.63, 3.8) is 0 Å². The Labute approximate surface area is 331 Å². The van der Waals surface area contributed by atoms with Gasteiger partial charge in [0.15, 0.2) is 0 Å².